The molecular weight excluding hydrogens is 553 g/mol. The molecule has 0 spiro atoms. The first-order valence-corrected chi connectivity index (χ1v) is 19.0. The zero-order valence-corrected chi connectivity index (χ0v) is 29.2. The maximum absolute atomic E-state index is 13.2. The first-order valence-electron chi connectivity index (χ1n) is 16.5. The average Bonchev–Trinajstić information content (AvgIpc) is 2.90. The lowest BCUT2D eigenvalue weighted by atomic mass is 9.75. The molecule has 8 heteroatoms. The second-order valence-corrected chi connectivity index (χ2v) is 16.3. The van der Waals surface area contributed by atoms with Gasteiger partial charge in [-0.2, -0.15) is 0 Å². The van der Waals surface area contributed by atoms with E-state index in [0.717, 1.165) is 31.4 Å². The molecule has 0 aliphatic heterocycles. The van der Waals surface area contributed by atoms with Crippen molar-refractivity contribution in [2.24, 2.45) is 16.7 Å². The lowest BCUT2D eigenvalue weighted by molar-refractivity contribution is -0.134. The highest BCUT2D eigenvalue weighted by Gasteiger charge is 2.34. The molecule has 4 N–H and O–H groups in total. The Morgan fingerprint density at radius 1 is 0.732 bits per heavy atom. The quantitative estimate of drug-likeness (QED) is 0.0552. The fourth-order valence-corrected chi connectivity index (χ4v) is 7.56. The van der Waals surface area contributed by atoms with Crippen LogP contribution in [0, 0.1) is 16.7 Å². The molecule has 1 atom stereocenters. The number of carbonyl (C=O) groups excluding carboxylic acids is 2. The number of amides is 2. The summed E-state index contributed by atoms with van der Waals surface area (Å²) in [4.78, 5) is 26.2. The zero-order valence-electron chi connectivity index (χ0n) is 27.5. The summed E-state index contributed by atoms with van der Waals surface area (Å²) in [5.74, 6) is 1.30. The van der Waals surface area contributed by atoms with Gasteiger partial charge in [-0.05, 0) is 31.1 Å². The molecule has 244 valence electrons. The first-order chi connectivity index (χ1) is 19.5. The van der Waals surface area contributed by atoms with Crippen molar-refractivity contribution < 1.29 is 19.8 Å². The lowest BCUT2D eigenvalue weighted by Gasteiger charge is -2.32. The molecule has 0 rings (SSSR count). The van der Waals surface area contributed by atoms with Crippen molar-refractivity contribution in [2.75, 3.05) is 31.3 Å². The number of hydrogen-bond donors (Lipinski definition) is 4. The largest absolute Gasteiger partial charge is 0.396 e. The van der Waals surface area contributed by atoms with E-state index in [2.05, 4.69) is 38.3 Å². The van der Waals surface area contributed by atoms with E-state index in [1.165, 1.54) is 77.0 Å². The van der Waals surface area contributed by atoms with Crippen molar-refractivity contribution in [3.05, 3.63) is 0 Å². The van der Waals surface area contributed by atoms with Crippen LogP contribution in [0.25, 0.3) is 0 Å². The Bertz CT molecular complexity index is 652. The SMILES string of the molecule is CCCCCCCCCCCCCCSSC[C@H](NC(=O)C(C)(C)CC(C)(C)C)C(=O)NCCCCC(CO)CO. The minimum atomic E-state index is -0.566. The van der Waals surface area contributed by atoms with Crippen LogP contribution in [0.2, 0.25) is 0 Å². The number of unbranched alkanes of at least 4 members (excludes halogenated alkanes) is 12. The molecular formula is C33H66N2O4S2. The smallest absolute Gasteiger partial charge is 0.243 e. The Morgan fingerprint density at radius 2 is 1.27 bits per heavy atom. The third-order valence-electron chi connectivity index (χ3n) is 7.46. The molecule has 6 nitrogen and oxygen atoms in total. The molecule has 0 unspecified atom stereocenters. The highest BCUT2D eigenvalue weighted by Crippen LogP contribution is 2.33. The molecule has 0 saturated heterocycles. The van der Waals surface area contributed by atoms with Gasteiger partial charge in [-0.15, -0.1) is 0 Å². The van der Waals surface area contributed by atoms with Gasteiger partial charge < -0.3 is 20.8 Å². The molecule has 0 heterocycles. The molecule has 0 saturated carbocycles. The summed E-state index contributed by atoms with van der Waals surface area (Å²) in [5.41, 5.74) is -0.550. The summed E-state index contributed by atoms with van der Waals surface area (Å²) in [6, 6.07) is -0.566. The topological polar surface area (TPSA) is 98.7 Å². The number of aliphatic hydroxyl groups is 2. The van der Waals surface area contributed by atoms with E-state index in [4.69, 9.17) is 0 Å². The van der Waals surface area contributed by atoms with Gasteiger partial charge in [0.05, 0.1) is 0 Å². The van der Waals surface area contributed by atoms with E-state index in [-0.39, 0.29) is 36.4 Å². The Morgan fingerprint density at radius 3 is 1.78 bits per heavy atom. The van der Waals surface area contributed by atoms with Crippen LogP contribution >= 0.6 is 21.6 Å². The highest BCUT2D eigenvalue weighted by molar-refractivity contribution is 8.76. The van der Waals surface area contributed by atoms with Gasteiger partial charge in [0.25, 0.3) is 0 Å². The van der Waals surface area contributed by atoms with E-state index in [1.807, 2.05) is 13.8 Å². The van der Waals surface area contributed by atoms with E-state index in [9.17, 15) is 19.8 Å². The highest BCUT2D eigenvalue weighted by atomic mass is 33.1. The lowest BCUT2D eigenvalue weighted by Crippen LogP contribution is -2.52. The van der Waals surface area contributed by atoms with Gasteiger partial charge in [-0.1, -0.05) is 140 Å². The number of hydrogen-bond acceptors (Lipinski definition) is 6. The summed E-state index contributed by atoms with van der Waals surface area (Å²) < 4.78 is 0. The van der Waals surface area contributed by atoms with Crippen LogP contribution < -0.4 is 10.6 Å². The Kier molecular flexibility index (Phi) is 24.7. The van der Waals surface area contributed by atoms with Gasteiger partial charge in [-0.25, -0.2) is 0 Å². The Labute approximate surface area is 261 Å². The van der Waals surface area contributed by atoms with Crippen LogP contribution in [0.4, 0.5) is 0 Å². The van der Waals surface area contributed by atoms with E-state index in [1.54, 1.807) is 21.6 Å². The van der Waals surface area contributed by atoms with Crippen molar-refractivity contribution in [3.63, 3.8) is 0 Å². The summed E-state index contributed by atoms with van der Waals surface area (Å²) in [5, 5.41) is 24.5. The summed E-state index contributed by atoms with van der Waals surface area (Å²) >= 11 is 0. The van der Waals surface area contributed by atoms with Crippen molar-refractivity contribution >= 4 is 33.4 Å². The summed E-state index contributed by atoms with van der Waals surface area (Å²) in [6.45, 7) is 13.1. The molecule has 0 fully saturated rings. The monoisotopic (exact) mass is 618 g/mol. The predicted octanol–water partition coefficient (Wildman–Crippen LogP) is 7.90. The third-order valence-corrected chi connectivity index (χ3v) is 9.96. The molecule has 2 amide bonds. The number of aliphatic hydroxyl groups excluding tert-OH is 2. The van der Waals surface area contributed by atoms with Crippen molar-refractivity contribution in [3.8, 4) is 0 Å². The van der Waals surface area contributed by atoms with Crippen LogP contribution in [-0.4, -0.2) is 59.3 Å². The Balaban J connectivity index is 4.43. The van der Waals surface area contributed by atoms with Gasteiger partial charge in [0, 0.05) is 42.6 Å². The van der Waals surface area contributed by atoms with Crippen LogP contribution in [0.1, 0.15) is 144 Å². The van der Waals surface area contributed by atoms with Crippen LogP contribution in [0.5, 0.6) is 0 Å². The molecule has 0 aliphatic carbocycles. The first kappa shape index (κ1) is 40.6. The van der Waals surface area contributed by atoms with Gasteiger partial charge in [0.15, 0.2) is 0 Å². The average molecular weight is 619 g/mol. The van der Waals surface area contributed by atoms with E-state index >= 15 is 0 Å². The fourth-order valence-electron chi connectivity index (χ4n) is 5.25. The van der Waals surface area contributed by atoms with Gasteiger partial charge in [0.2, 0.25) is 11.8 Å². The second-order valence-electron chi connectivity index (χ2n) is 13.7. The van der Waals surface area contributed by atoms with E-state index in [0.29, 0.717) is 12.3 Å². The normalized spacial score (nSPS) is 13.0. The minimum absolute atomic E-state index is 0.0123. The van der Waals surface area contributed by atoms with Crippen molar-refractivity contribution in [1.29, 1.82) is 0 Å². The standard InChI is InChI=1S/C33H66N2O4S2/c1-7-8-9-10-11-12-13-14-15-16-17-20-23-40-41-26-29(35-31(39)33(5,6)27-32(2,3)4)30(38)34-22-19-18-21-28(24-36)25-37/h28-29,36-37H,7-27H2,1-6H3,(H,34,38)(H,35,39)/t29-/m0/s1. The maximum Gasteiger partial charge on any atom is 0.243 e. The molecule has 0 bridgehead atoms. The second kappa shape index (κ2) is 24.9. The summed E-state index contributed by atoms with van der Waals surface area (Å²) in [7, 11) is 3.48. The zero-order chi connectivity index (χ0) is 31.0. The number of nitrogens with one attached hydrogen (secondary N) is 2. The molecule has 41 heavy (non-hydrogen) atoms. The summed E-state index contributed by atoms with van der Waals surface area (Å²) in [6.07, 6.45) is 19.2. The van der Waals surface area contributed by atoms with Crippen molar-refractivity contribution in [1.82, 2.24) is 10.6 Å². The number of carbonyl (C=O) groups is 2. The van der Waals surface area contributed by atoms with Gasteiger partial charge >= 0.3 is 0 Å². The van der Waals surface area contributed by atoms with Crippen LogP contribution in [0.15, 0.2) is 0 Å². The molecule has 0 aromatic rings. The van der Waals surface area contributed by atoms with Gasteiger partial charge in [-0.3, -0.25) is 9.59 Å². The third kappa shape index (κ3) is 23.7. The Hall–Kier alpha value is -0.440. The fraction of sp³-hybridized carbons (Fsp3) is 0.939. The molecule has 0 aromatic carbocycles. The minimum Gasteiger partial charge on any atom is -0.396 e. The van der Waals surface area contributed by atoms with Crippen LogP contribution in [0.3, 0.4) is 0 Å². The van der Waals surface area contributed by atoms with Gasteiger partial charge in [0.1, 0.15) is 6.04 Å². The molecule has 0 radical (unpaired) electrons. The number of rotatable bonds is 27. The molecule has 0 aromatic heterocycles. The predicted molar refractivity (Wildman–Crippen MR) is 180 cm³/mol. The van der Waals surface area contributed by atoms with E-state index < -0.39 is 11.5 Å². The van der Waals surface area contributed by atoms with Crippen molar-refractivity contribution in [2.45, 2.75) is 150 Å². The molecule has 0 aliphatic rings. The van der Waals surface area contributed by atoms with Crippen LogP contribution in [-0.2, 0) is 9.59 Å². The maximum atomic E-state index is 13.2.